The van der Waals surface area contributed by atoms with Crippen molar-refractivity contribution < 1.29 is 4.39 Å². The van der Waals surface area contributed by atoms with Gasteiger partial charge >= 0.3 is 0 Å². The molecule has 92 valence electrons. The average molecular weight is 236 g/mol. The van der Waals surface area contributed by atoms with Crippen LogP contribution in [-0.2, 0) is 6.54 Å². The molecular formula is C12H17FN4. The van der Waals surface area contributed by atoms with Gasteiger partial charge in [0.1, 0.15) is 5.82 Å². The Labute approximate surface area is 99.8 Å². The number of benzene rings is 1. The van der Waals surface area contributed by atoms with Gasteiger partial charge in [0, 0.05) is 12.6 Å². The number of hydrogen-bond acceptors (Lipinski definition) is 3. The quantitative estimate of drug-likeness (QED) is 0.879. The second-order valence-electron chi connectivity index (χ2n) is 4.41. The molecule has 17 heavy (non-hydrogen) atoms. The highest BCUT2D eigenvalue weighted by Gasteiger charge is 2.08. The van der Waals surface area contributed by atoms with E-state index in [1.807, 2.05) is 18.7 Å². The number of aromatic nitrogens is 2. The van der Waals surface area contributed by atoms with Gasteiger partial charge in [0.2, 0.25) is 5.95 Å². The number of nitrogens with two attached hydrogens (primary N) is 1. The van der Waals surface area contributed by atoms with E-state index in [2.05, 4.69) is 9.88 Å². The fraction of sp³-hybridized carbons (Fsp3) is 0.417. The molecule has 0 unspecified atom stereocenters. The summed E-state index contributed by atoms with van der Waals surface area (Å²) in [5.41, 5.74) is 7.35. The van der Waals surface area contributed by atoms with E-state index in [0.29, 0.717) is 11.5 Å². The molecule has 0 saturated carbocycles. The lowest BCUT2D eigenvalue weighted by Gasteiger charge is -2.10. The molecule has 0 spiro atoms. The van der Waals surface area contributed by atoms with E-state index in [1.54, 1.807) is 6.07 Å². The zero-order chi connectivity index (χ0) is 12.4. The number of hydrogen-bond donors (Lipinski definition) is 1. The van der Waals surface area contributed by atoms with E-state index < -0.39 is 0 Å². The van der Waals surface area contributed by atoms with E-state index in [1.165, 1.54) is 12.1 Å². The number of imidazole rings is 1. The van der Waals surface area contributed by atoms with E-state index in [0.717, 1.165) is 25.0 Å². The molecule has 5 heteroatoms. The van der Waals surface area contributed by atoms with Crippen LogP contribution in [0.4, 0.5) is 10.3 Å². The summed E-state index contributed by atoms with van der Waals surface area (Å²) in [6.07, 6.45) is 0.986. The van der Waals surface area contributed by atoms with Crippen molar-refractivity contribution in [3.8, 4) is 0 Å². The van der Waals surface area contributed by atoms with Crippen LogP contribution in [0, 0.1) is 5.82 Å². The molecule has 2 aromatic rings. The maximum Gasteiger partial charge on any atom is 0.201 e. The zero-order valence-electron chi connectivity index (χ0n) is 10.2. The summed E-state index contributed by atoms with van der Waals surface area (Å²) in [6.45, 7) is 1.78. The van der Waals surface area contributed by atoms with Gasteiger partial charge in [-0.3, -0.25) is 0 Å². The van der Waals surface area contributed by atoms with Crippen molar-refractivity contribution in [3.63, 3.8) is 0 Å². The normalized spacial score (nSPS) is 11.5. The summed E-state index contributed by atoms with van der Waals surface area (Å²) >= 11 is 0. The number of anilines is 1. The van der Waals surface area contributed by atoms with Crippen LogP contribution in [0.3, 0.4) is 0 Å². The van der Waals surface area contributed by atoms with Crippen molar-refractivity contribution in [2.75, 3.05) is 26.4 Å². The maximum absolute atomic E-state index is 13.0. The van der Waals surface area contributed by atoms with Crippen LogP contribution in [0.5, 0.6) is 0 Å². The summed E-state index contributed by atoms with van der Waals surface area (Å²) in [5, 5.41) is 0. The van der Waals surface area contributed by atoms with Gasteiger partial charge in [-0.2, -0.15) is 0 Å². The van der Waals surface area contributed by atoms with Crippen LogP contribution in [0.25, 0.3) is 11.0 Å². The zero-order valence-corrected chi connectivity index (χ0v) is 10.2. The molecule has 0 atom stereocenters. The molecule has 1 heterocycles. The van der Waals surface area contributed by atoms with Gasteiger partial charge in [-0.25, -0.2) is 9.37 Å². The Balaban J connectivity index is 2.24. The van der Waals surface area contributed by atoms with Crippen LogP contribution in [-0.4, -0.2) is 35.1 Å². The van der Waals surface area contributed by atoms with Crippen molar-refractivity contribution in [2.45, 2.75) is 13.0 Å². The molecule has 0 aliphatic heterocycles. The van der Waals surface area contributed by atoms with Gasteiger partial charge in [0.15, 0.2) is 0 Å². The summed E-state index contributed by atoms with van der Waals surface area (Å²) in [7, 11) is 4.06. The highest BCUT2D eigenvalue weighted by atomic mass is 19.1. The third kappa shape index (κ3) is 2.55. The van der Waals surface area contributed by atoms with E-state index in [4.69, 9.17) is 5.73 Å². The highest BCUT2D eigenvalue weighted by Crippen LogP contribution is 2.19. The van der Waals surface area contributed by atoms with Gasteiger partial charge < -0.3 is 15.2 Å². The molecule has 0 saturated heterocycles. The van der Waals surface area contributed by atoms with Gasteiger partial charge in [-0.15, -0.1) is 0 Å². The topological polar surface area (TPSA) is 47.1 Å². The number of fused-ring (bicyclic) bond motifs is 1. The number of nitrogens with zero attached hydrogens (tertiary/aromatic N) is 3. The Bertz CT molecular complexity index is 518. The number of nitrogen functional groups attached to an aromatic ring is 1. The van der Waals surface area contributed by atoms with Crippen molar-refractivity contribution in [3.05, 3.63) is 24.0 Å². The Hall–Kier alpha value is -1.62. The predicted molar refractivity (Wildman–Crippen MR) is 67.3 cm³/mol. The lowest BCUT2D eigenvalue weighted by molar-refractivity contribution is 0.388. The first-order valence-corrected chi connectivity index (χ1v) is 5.64. The number of halogens is 1. The van der Waals surface area contributed by atoms with Crippen molar-refractivity contribution in [1.29, 1.82) is 0 Å². The lowest BCUT2D eigenvalue weighted by atomic mass is 10.3. The highest BCUT2D eigenvalue weighted by molar-refractivity contribution is 5.78. The predicted octanol–water partition coefficient (Wildman–Crippen LogP) is 1.71. The fourth-order valence-corrected chi connectivity index (χ4v) is 1.90. The summed E-state index contributed by atoms with van der Waals surface area (Å²) < 4.78 is 15.0. The van der Waals surface area contributed by atoms with Crippen LogP contribution < -0.4 is 5.73 Å². The van der Waals surface area contributed by atoms with Crippen molar-refractivity contribution in [1.82, 2.24) is 14.5 Å². The Morgan fingerprint density at radius 2 is 2.18 bits per heavy atom. The largest absolute Gasteiger partial charge is 0.369 e. The van der Waals surface area contributed by atoms with Gasteiger partial charge in [0.05, 0.1) is 11.0 Å². The molecule has 1 aromatic carbocycles. The minimum Gasteiger partial charge on any atom is -0.369 e. The van der Waals surface area contributed by atoms with E-state index in [-0.39, 0.29) is 5.82 Å². The standard InChI is InChI=1S/C12H17FN4/c1-16(2)6-3-7-17-11-5-4-9(13)8-10(11)15-12(17)14/h4-5,8H,3,6-7H2,1-2H3,(H2,14,15). The Morgan fingerprint density at radius 3 is 2.88 bits per heavy atom. The summed E-state index contributed by atoms with van der Waals surface area (Å²) in [4.78, 5) is 6.28. The maximum atomic E-state index is 13.0. The molecule has 0 bridgehead atoms. The molecule has 0 fully saturated rings. The molecule has 2 rings (SSSR count). The van der Waals surface area contributed by atoms with Crippen molar-refractivity contribution in [2.24, 2.45) is 0 Å². The smallest absolute Gasteiger partial charge is 0.201 e. The molecule has 4 nitrogen and oxygen atoms in total. The molecule has 0 amide bonds. The summed E-state index contributed by atoms with van der Waals surface area (Å²) in [5.74, 6) is 0.166. The van der Waals surface area contributed by atoms with Crippen LogP contribution in [0.1, 0.15) is 6.42 Å². The van der Waals surface area contributed by atoms with Crippen LogP contribution >= 0.6 is 0 Å². The molecule has 0 radical (unpaired) electrons. The average Bonchev–Trinajstić information content (AvgIpc) is 2.54. The van der Waals surface area contributed by atoms with Crippen molar-refractivity contribution >= 4 is 17.0 Å². The monoisotopic (exact) mass is 236 g/mol. The Morgan fingerprint density at radius 1 is 1.41 bits per heavy atom. The van der Waals surface area contributed by atoms with E-state index >= 15 is 0 Å². The fourth-order valence-electron chi connectivity index (χ4n) is 1.90. The lowest BCUT2D eigenvalue weighted by Crippen LogP contribution is -2.15. The minimum absolute atomic E-state index is 0.282. The molecule has 0 aliphatic rings. The van der Waals surface area contributed by atoms with Crippen LogP contribution in [0.15, 0.2) is 18.2 Å². The third-order valence-electron chi connectivity index (χ3n) is 2.73. The molecular weight excluding hydrogens is 219 g/mol. The molecule has 1 aromatic heterocycles. The first kappa shape index (κ1) is 11.9. The Kier molecular flexibility index (Phi) is 3.28. The number of rotatable bonds is 4. The van der Waals surface area contributed by atoms with E-state index in [9.17, 15) is 4.39 Å². The van der Waals surface area contributed by atoms with Gasteiger partial charge in [-0.05, 0) is 39.2 Å². The first-order valence-electron chi connectivity index (χ1n) is 5.64. The molecule has 0 aliphatic carbocycles. The third-order valence-corrected chi connectivity index (χ3v) is 2.73. The van der Waals surface area contributed by atoms with Gasteiger partial charge in [0.25, 0.3) is 0 Å². The molecule has 2 N–H and O–H groups in total. The number of aryl methyl sites for hydroxylation is 1. The van der Waals surface area contributed by atoms with Gasteiger partial charge in [-0.1, -0.05) is 0 Å². The minimum atomic E-state index is -0.282. The second-order valence-corrected chi connectivity index (χ2v) is 4.41. The second kappa shape index (κ2) is 4.71. The van der Waals surface area contributed by atoms with Crippen LogP contribution in [0.2, 0.25) is 0 Å². The first-order chi connectivity index (χ1) is 8.08. The SMILES string of the molecule is CN(C)CCCn1c(N)nc2cc(F)ccc21. The summed E-state index contributed by atoms with van der Waals surface area (Å²) in [6, 6.07) is 4.57.